The zero-order chi connectivity index (χ0) is 15.0. The predicted octanol–water partition coefficient (Wildman–Crippen LogP) is 3.46. The molecule has 20 heavy (non-hydrogen) atoms. The van der Waals surface area contributed by atoms with Gasteiger partial charge in [0.05, 0.1) is 5.56 Å². The maximum atomic E-state index is 12.2. The molecule has 0 saturated carbocycles. The van der Waals surface area contributed by atoms with E-state index < -0.39 is 0 Å². The van der Waals surface area contributed by atoms with Crippen molar-refractivity contribution < 1.29 is 9.53 Å². The van der Waals surface area contributed by atoms with Gasteiger partial charge in [-0.1, -0.05) is 17.7 Å². The van der Waals surface area contributed by atoms with E-state index in [1.165, 1.54) is 0 Å². The summed E-state index contributed by atoms with van der Waals surface area (Å²) >= 11 is 0. The van der Waals surface area contributed by atoms with Crippen LogP contribution in [0.25, 0.3) is 0 Å². The summed E-state index contributed by atoms with van der Waals surface area (Å²) in [6, 6.07) is 7.53. The van der Waals surface area contributed by atoms with E-state index in [4.69, 9.17) is 4.74 Å². The molecule has 0 radical (unpaired) electrons. The fourth-order valence-corrected chi connectivity index (χ4v) is 3.22. The second kappa shape index (κ2) is 5.21. The monoisotopic (exact) mass is 275 g/mol. The van der Waals surface area contributed by atoms with Crippen molar-refractivity contribution in [3.63, 3.8) is 0 Å². The molecule has 1 aromatic rings. The molecule has 3 heteroatoms. The van der Waals surface area contributed by atoms with Crippen molar-refractivity contribution >= 4 is 5.97 Å². The first-order valence-corrected chi connectivity index (χ1v) is 7.24. The second-order valence-corrected chi connectivity index (χ2v) is 7.19. The zero-order valence-corrected chi connectivity index (χ0v) is 13.1. The third-order valence-electron chi connectivity index (χ3n) is 3.71. The van der Waals surface area contributed by atoms with Gasteiger partial charge in [0, 0.05) is 23.9 Å². The van der Waals surface area contributed by atoms with E-state index in [9.17, 15) is 4.79 Å². The van der Waals surface area contributed by atoms with Crippen LogP contribution in [0.2, 0.25) is 0 Å². The minimum atomic E-state index is -0.219. The van der Waals surface area contributed by atoms with Gasteiger partial charge in [-0.25, -0.2) is 4.79 Å². The normalized spacial score (nSPS) is 21.4. The zero-order valence-electron chi connectivity index (χ0n) is 13.1. The van der Waals surface area contributed by atoms with Crippen molar-refractivity contribution in [3.8, 4) is 0 Å². The lowest BCUT2D eigenvalue weighted by atomic mass is 9.81. The number of carbonyl (C=O) groups excluding carboxylic acids is 1. The Morgan fingerprint density at radius 2 is 1.60 bits per heavy atom. The number of benzene rings is 1. The first-order valence-electron chi connectivity index (χ1n) is 7.24. The van der Waals surface area contributed by atoms with Gasteiger partial charge in [-0.3, -0.25) is 0 Å². The summed E-state index contributed by atoms with van der Waals surface area (Å²) in [5.41, 5.74) is 1.75. The molecule has 1 saturated heterocycles. The van der Waals surface area contributed by atoms with Crippen molar-refractivity contribution in [2.45, 2.75) is 64.6 Å². The lowest BCUT2D eigenvalue weighted by Crippen LogP contribution is -2.59. The highest BCUT2D eigenvalue weighted by Gasteiger charge is 2.39. The van der Waals surface area contributed by atoms with Crippen molar-refractivity contribution in [2.24, 2.45) is 0 Å². The van der Waals surface area contributed by atoms with Crippen LogP contribution in [0.1, 0.15) is 56.5 Å². The maximum Gasteiger partial charge on any atom is 0.338 e. The highest BCUT2D eigenvalue weighted by Crippen LogP contribution is 2.30. The van der Waals surface area contributed by atoms with Gasteiger partial charge in [0.25, 0.3) is 0 Å². The molecular weight excluding hydrogens is 250 g/mol. The van der Waals surface area contributed by atoms with Gasteiger partial charge in [0.1, 0.15) is 6.10 Å². The summed E-state index contributed by atoms with van der Waals surface area (Å²) in [5, 5.41) is 3.59. The fourth-order valence-electron chi connectivity index (χ4n) is 3.22. The number of piperidine rings is 1. The topological polar surface area (TPSA) is 38.3 Å². The van der Waals surface area contributed by atoms with E-state index in [2.05, 4.69) is 33.0 Å². The van der Waals surface area contributed by atoms with Gasteiger partial charge in [-0.15, -0.1) is 0 Å². The van der Waals surface area contributed by atoms with Crippen LogP contribution in [0, 0.1) is 6.92 Å². The Kier molecular flexibility index (Phi) is 3.92. The van der Waals surface area contributed by atoms with E-state index in [1.54, 1.807) is 0 Å². The van der Waals surface area contributed by atoms with E-state index in [1.807, 2.05) is 31.2 Å². The van der Waals surface area contributed by atoms with Gasteiger partial charge < -0.3 is 10.1 Å². The average Bonchev–Trinajstić information content (AvgIpc) is 2.25. The molecule has 1 aliphatic heterocycles. The number of nitrogens with one attached hydrogen (secondary N) is 1. The number of esters is 1. The molecule has 1 aromatic carbocycles. The maximum absolute atomic E-state index is 12.2. The molecule has 0 bridgehead atoms. The molecule has 110 valence electrons. The predicted molar refractivity (Wildman–Crippen MR) is 80.9 cm³/mol. The van der Waals surface area contributed by atoms with Crippen LogP contribution in [-0.4, -0.2) is 23.2 Å². The summed E-state index contributed by atoms with van der Waals surface area (Å²) in [4.78, 5) is 12.2. The number of hydrogen-bond acceptors (Lipinski definition) is 3. The minimum absolute atomic E-state index is 0.0139. The number of rotatable bonds is 2. The number of ether oxygens (including phenoxy) is 1. The van der Waals surface area contributed by atoms with Crippen LogP contribution in [0.15, 0.2) is 24.3 Å². The molecule has 0 spiro atoms. The number of hydrogen-bond donors (Lipinski definition) is 1. The lowest BCUT2D eigenvalue weighted by Gasteiger charge is -2.45. The highest BCUT2D eigenvalue weighted by molar-refractivity contribution is 5.89. The van der Waals surface area contributed by atoms with E-state index in [0.29, 0.717) is 5.56 Å². The van der Waals surface area contributed by atoms with Crippen molar-refractivity contribution in [3.05, 3.63) is 35.4 Å². The molecule has 1 heterocycles. The van der Waals surface area contributed by atoms with Gasteiger partial charge in [-0.05, 0) is 46.8 Å². The third-order valence-corrected chi connectivity index (χ3v) is 3.71. The van der Waals surface area contributed by atoms with Crippen LogP contribution in [0.3, 0.4) is 0 Å². The molecule has 1 fully saturated rings. The first-order chi connectivity index (χ1) is 9.17. The molecule has 0 amide bonds. The Morgan fingerprint density at radius 1 is 1.10 bits per heavy atom. The standard InChI is InChI=1S/C17H25NO2/c1-12-6-8-13(9-7-12)15(19)20-14-10-16(2,3)18-17(4,5)11-14/h6-9,14,18H,10-11H2,1-5H3. The summed E-state index contributed by atoms with van der Waals surface area (Å²) in [7, 11) is 0. The minimum Gasteiger partial charge on any atom is -0.459 e. The summed E-state index contributed by atoms with van der Waals surface area (Å²) < 4.78 is 5.71. The van der Waals surface area contributed by atoms with E-state index in [-0.39, 0.29) is 23.2 Å². The molecule has 3 nitrogen and oxygen atoms in total. The Labute approximate surface area is 121 Å². The fraction of sp³-hybridized carbons (Fsp3) is 0.588. The van der Waals surface area contributed by atoms with Crippen LogP contribution in [-0.2, 0) is 4.74 Å². The Bertz CT molecular complexity index is 472. The molecular formula is C17H25NO2. The molecule has 1 N–H and O–H groups in total. The van der Waals surface area contributed by atoms with Crippen LogP contribution in [0.5, 0.6) is 0 Å². The quantitative estimate of drug-likeness (QED) is 0.840. The summed E-state index contributed by atoms with van der Waals surface area (Å²) in [5.74, 6) is -0.219. The van der Waals surface area contributed by atoms with E-state index >= 15 is 0 Å². The van der Waals surface area contributed by atoms with Crippen LogP contribution in [0.4, 0.5) is 0 Å². The van der Waals surface area contributed by atoms with Gasteiger partial charge in [0.2, 0.25) is 0 Å². The van der Waals surface area contributed by atoms with E-state index in [0.717, 1.165) is 18.4 Å². The molecule has 0 atom stereocenters. The highest BCUT2D eigenvalue weighted by atomic mass is 16.5. The molecule has 1 aliphatic rings. The number of carbonyl (C=O) groups is 1. The Hall–Kier alpha value is -1.35. The van der Waals surface area contributed by atoms with Gasteiger partial charge in [-0.2, -0.15) is 0 Å². The smallest absolute Gasteiger partial charge is 0.338 e. The van der Waals surface area contributed by atoms with Crippen LogP contribution >= 0.6 is 0 Å². The molecule has 0 aromatic heterocycles. The van der Waals surface area contributed by atoms with Crippen molar-refractivity contribution in [2.75, 3.05) is 0 Å². The average molecular weight is 275 g/mol. The molecule has 0 aliphatic carbocycles. The molecule has 2 rings (SSSR count). The SMILES string of the molecule is Cc1ccc(C(=O)OC2CC(C)(C)NC(C)(C)C2)cc1. The van der Waals surface area contributed by atoms with Crippen molar-refractivity contribution in [1.82, 2.24) is 5.32 Å². The second-order valence-electron chi connectivity index (χ2n) is 7.19. The van der Waals surface area contributed by atoms with Gasteiger partial charge in [0.15, 0.2) is 0 Å². The Balaban J connectivity index is 2.05. The van der Waals surface area contributed by atoms with Gasteiger partial charge >= 0.3 is 5.97 Å². The lowest BCUT2D eigenvalue weighted by molar-refractivity contribution is -0.00637. The molecule has 0 unspecified atom stereocenters. The Morgan fingerprint density at radius 3 is 2.10 bits per heavy atom. The first kappa shape index (κ1) is 15.0. The largest absolute Gasteiger partial charge is 0.459 e. The van der Waals surface area contributed by atoms with Crippen LogP contribution < -0.4 is 5.32 Å². The third kappa shape index (κ3) is 3.83. The summed E-state index contributed by atoms with van der Waals surface area (Å²) in [6.45, 7) is 10.6. The summed E-state index contributed by atoms with van der Waals surface area (Å²) in [6.07, 6.45) is 1.65. The van der Waals surface area contributed by atoms with Crippen molar-refractivity contribution in [1.29, 1.82) is 0 Å². The number of aryl methyl sites for hydroxylation is 1.